The number of hydrogen-bond donors (Lipinski definition) is 3. The summed E-state index contributed by atoms with van der Waals surface area (Å²) in [6.07, 6.45) is -4.76. The second-order valence-electron chi connectivity index (χ2n) is 9.30. The first-order chi connectivity index (χ1) is 20.8. The monoisotopic (exact) mass is 620 g/mol. The molecule has 4 rings (SSSR count). The normalized spacial score (nSPS) is 11.2. The number of carbonyl (C=O) groups is 3. The molecule has 0 spiro atoms. The Labute approximate surface area is 245 Å². The largest absolute Gasteiger partial charge is 0.573 e. The minimum atomic E-state index is -4.91. The number of hydrogen-bond acceptors (Lipinski definition) is 5. The number of nitrogens with one attached hydrogen (secondary N) is 2. The van der Waals surface area contributed by atoms with Gasteiger partial charge in [-0.15, -0.1) is 13.2 Å². The van der Waals surface area contributed by atoms with Gasteiger partial charge in [-0.1, -0.05) is 12.1 Å². The van der Waals surface area contributed by atoms with Crippen molar-refractivity contribution in [2.24, 2.45) is 0 Å². The Morgan fingerprint density at radius 2 is 1.52 bits per heavy atom. The molecule has 1 aromatic heterocycles. The maximum Gasteiger partial charge on any atom is 0.573 e. The maximum absolute atomic E-state index is 13.9. The number of aliphatic carboxylic acids is 1. The van der Waals surface area contributed by atoms with Gasteiger partial charge in [0.25, 0.3) is 11.8 Å². The number of anilines is 1. The lowest BCUT2D eigenvalue weighted by molar-refractivity contribution is -0.274. The minimum absolute atomic E-state index is 0.0756. The molecule has 3 aromatic carbocycles. The van der Waals surface area contributed by atoms with E-state index in [4.69, 9.17) is 5.11 Å². The first-order valence-corrected chi connectivity index (χ1v) is 12.8. The molecule has 0 aliphatic rings. The van der Waals surface area contributed by atoms with Crippen LogP contribution in [0.5, 0.6) is 5.75 Å². The van der Waals surface area contributed by atoms with Gasteiger partial charge in [0.15, 0.2) is 17.5 Å². The van der Waals surface area contributed by atoms with E-state index in [0.29, 0.717) is 17.7 Å². The summed E-state index contributed by atoms with van der Waals surface area (Å²) in [6.45, 7) is 0.0812. The summed E-state index contributed by atoms with van der Waals surface area (Å²) in [5, 5.41) is 18.0. The molecule has 2 amide bonds. The number of carbonyl (C=O) groups excluding carboxylic acids is 2. The van der Waals surface area contributed by atoms with Crippen molar-refractivity contribution in [3.8, 4) is 17.0 Å². The molecule has 0 saturated heterocycles. The predicted octanol–water partition coefficient (Wildman–Crippen LogP) is 5.76. The topological polar surface area (TPSA) is 123 Å². The van der Waals surface area contributed by atoms with Crippen LogP contribution >= 0.6 is 0 Å². The molecule has 0 unspecified atom stereocenters. The third-order valence-corrected chi connectivity index (χ3v) is 6.04. The number of carboxylic acid groups (broad SMARTS) is 1. The molecule has 0 aliphatic heterocycles. The van der Waals surface area contributed by atoms with Gasteiger partial charge in [0.2, 0.25) is 0 Å². The van der Waals surface area contributed by atoms with E-state index in [0.717, 1.165) is 24.3 Å². The van der Waals surface area contributed by atoms with E-state index in [2.05, 4.69) is 20.5 Å². The zero-order chi connectivity index (χ0) is 32.0. The van der Waals surface area contributed by atoms with Crippen molar-refractivity contribution < 1.29 is 50.6 Å². The summed E-state index contributed by atoms with van der Waals surface area (Å²) in [5.41, 5.74) is 0.536. The molecule has 3 N–H and O–H groups in total. The fourth-order valence-corrected chi connectivity index (χ4v) is 3.98. The van der Waals surface area contributed by atoms with Crippen molar-refractivity contribution >= 4 is 23.5 Å². The molecule has 44 heavy (non-hydrogen) atoms. The number of aromatic nitrogens is 2. The Morgan fingerprint density at radius 3 is 2.11 bits per heavy atom. The van der Waals surface area contributed by atoms with E-state index in [1.54, 1.807) is 12.1 Å². The van der Waals surface area contributed by atoms with Crippen LogP contribution < -0.4 is 15.4 Å². The molecule has 9 nitrogen and oxygen atoms in total. The molecule has 230 valence electrons. The minimum Gasteiger partial charge on any atom is -0.481 e. The first-order valence-electron chi connectivity index (χ1n) is 12.8. The standard InChI is InChI=1S/C29H22F6N4O5/c30-21-12-18(13-22(31)26(21)32)23-14-24(28(43)37-19-7-9-20(10-8-19)44-29(33,34)35)39(38-23)15-16-3-5-17(6-4-16)27(42)36-11-1-2-25(40)41/h3-10,12-14H,1-2,11,15H2,(H,36,42)(H,37,43)(H,40,41). The molecule has 0 bridgehead atoms. The Bertz CT molecular complexity index is 1650. The lowest BCUT2D eigenvalue weighted by Gasteiger charge is -2.11. The Morgan fingerprint density at radius 1 is 0.886 bits per heavy atom. The number of benzene rings is 3. The van der Waals surface area contributed by atoms with E-state index in [-0.39, 0.29) is 54.1 Å². The van der Waals surface area contributed by atoms with E-state index in [1.807, 2.05) is 0 Å². The Balaban J connectivity index is 1.57. The van der Waals surface area contributed by atoms with Crippen LogP contribution in [-0.2, 0) is 11.3 Å². The van der Waals surface area contributed by atoms with Crippen LogP contribution in [0, 0.1) is 17.5 Å². The van der Waals surface area contributed by atoms with Gasteiger partial charge in [0.05, 0.1) is 12.2 Å². The number of carboxylic acids is 1. The molecular formula is C29H22F6N4O5. The van der Waals surface area contributed by atoms with Gasteiger partial charge in [-0.05, 0) is 66.6 Å². The highest BCUT2D eigenvalue weighted by Crippen LogP contribution is 2.26. The van der Waals surface area contributed by atoms with E-state index < -0.39 is 47.3 Å². The number of halogens is 6. The summed E-state index contributed by atoms with van der Waals surface area (Å²) < 4.78 is 83.7. The van der Waals surface area contributed by atoms with Gasteiger partial charge >= 0.3 is 12.3 Å². The molecule has 0 saturated carbocycles. The second kappa shape index (κ2) is 13.3. The van der Waals surface area contributed by atoms with Crippen LogP contribution in [0.15, 0.2) is 66.7 Å². The number of alkyl halides is 3. The number of rotatable bonds is 11. The summed E-state index contributed by atoms with van der Waals surface area (Å²) >= 11 is 0. The highest BCUT2D eigenvalue weighted by Gasteiger charge is 2.31. The molecular weight excluding hydrogens is 598 g/mol. The van der Waals surface area contributed by atoms with Crippen molar-refractivity contribution in [2.75, 3.05) is 11.9 Å². The van der Waals surface area contributed by atoms with Crippen molar-refractivity contribution in [1.29, 1.82) is 0 Å². The van der Waals surface area contributed by atoms with Gasteiger partial charge < -0.3 is 20.5 Å². The predicted molar refractivity (Wildman–Crippen MR) is 143 cm³/mol. The third-order valence-electron chi connectivity index (χ3n) is 6.04. The highest BCUT2D eigenvalue weighted by molar-refractivity contribution is 6.03. The number of ether oxygens (including phenoxy) is 1. The lowest BCUT2D eigenvalue weighted by Crippen LogP contribution is -2.24. The van der Waals surface area contributed by atoms with Crippen LogP contribution in [-0.4, -0.2) is 45.6 Å². The SMILES string of the molecule is O=C(O)CCCNC(=O)c1ccc(Cn2nc(-c3cc(F)c(F)c(F)c3)cc2C(=O)Nc2ccc(OC(F)(F)F)cc2)cc1. The van der Waals surface area contributed by atoms with Gasteiger partial charge in [-0.3, -0.25) is 19.1 Å². The molecule has 0 aliphatic carbocycles. The van der Waals surface area contributed by atoms with Crippen molar-refractivity contribution in [3.05, 3.63) is 101 Å². The summed E-state index contributed by atoms with van der Waals surface area (Å²) in [5.74, 6) is -7.35. The summed E-state index contributed by atoms with van der Waals surface area (Å²) in [6, 6.07) is 13.0. The molecule has 1 heterocycles. The fourth-order valence-electron chi connectivity index (χ4n) is 3.98. The molecule has 4 aromatic rings. The fraction of sp³-hybridized carbons (Fsp3) is 0.172. The van der Waals surface area contributed by atoms with Gasteiger partial charge in [0, 0.05) is 29.8 Å². The Kier molecular flexibility index (Phi) is 9.56. The molecule has 0 fully saturated rings. The quantitative estimate of drug-likeness (QED) is 0.111. The number of amides is 2. The van der Waals surface area contributed by atoms with Crippen molar-refractivity contribution in [2.45, 2.75) is 25.7 Å². The van der Waals surface area contributed by atoms with Gasteiger partial charge in [-0.25, -0.2) is 13.2 Å². The second-order valence-corrected chi connectivity index (χ2v) is 9.30. The van der Waals surface area contributed by atoms with E-state index in [9.17, 15) is 40.7 Å². The van der Waals surface area contributed by atoms with E-state index >= 15 is 0 Å². The van der Waals surface area contributed by atoms with Gasteiger partial charge in [-0.2, -0.15) is 5.10 Å². The van der Waals surface area contributed by atoms with Crippen molar-refractivity contribution in [1.82, 2.24) is 15.1 Å². The van der Waals surface area contributed by atoms with E-state index in [1.165, 1.54) is 22.9 Å². The zero-order valence-corrected chi connectivity index (χ0v) is 22.4. The molecule has 0 radical (unpaired) electrons. The van der Waals surface area contributed by atoms with Crippen LogP contribution in [0.2, 0.25) is 0 Å². The van der Waals surface area contributed by atoms with Crippen molar-refractivity contribution in [3.63, 3.8) is 0 Å². The summed E-state index contributed by atoms with van der Waals surface area (Å²) in [7, 11) is 0. The average Bonchev–Trinajstić information content (AvgIpc) is 3.38. The molecule has 15 heteroatoms. The molecule has 0 atom stereocenters. The van der Waals surface area contributed by atoms with Crippen LogP contribution in [0.4, 0.5) is 32.0 Å². The van der Waals surface area contributed by atoms with Crippen LogP contribution in [0.1, 0.15) is 39.3 Å². The zero-order valence-electron chi connectivity index (χ0n) is 22.4. The van der Waals surface area contributed by atoms with Gasteiger partial charge in [0.1, 0.15) is 11.4 Å². The summed E-state index contributed by atoms with van der Waals surface area (Å²) in [4.78, 5) is 36.1. The first kappa shape index (κ1) is 31.6. The third kappa shape index (κ3) is 8.36. The van der Waals surface area contributed by atoms with Crippen LogP contribution in [0.25, 0.3) is 11.3 Å². The number of nitrogens with zero attached hydrogens (tertiary/aromatic N) is 2. The highest BCUT2D eigenvalue weighted by atomic mass is 19.4. The van der Waals surface area contributed by atoms with Crippen LogP contribution in [0.3, 0.4) is 0 Å². The lowest BCUT2D eigenvalue weighted by atomic mass is 10.1. The smallest absolute Gasteiger partial charge is 0.481 e. The maximum atomic E-state index is 13.9. The Hall–Kier alpha value is -5.34. The average molecular weight is 621 g/mol.